The van der Waals surface area contributed by atoms with E-state index in [9.17, 15) is 21.6 Å². The Balaban J connectivity index is 1.41. The third kappa shape index (κ3) is 5.16. The zero-order chi connectivity index (χ0) is 26.1. The first-order valence-electron chi connectivity index (χ1n) is 11.5. The summed E-state index contributed by atoms with van der Waals surface area (Å²) in [5.74, 6) is -0.224. The Bertz CT molecular complexity index is 1440. The van der Waals surface area contributed by atoms with Crippen LogP contribution in [0.2, 0.25) is 0 Å². The van der Waals surface area contributed by atoms with E-state index in [1.807, 2.05) is 13.8 Å². The number of benzene rings is 3. The lowest BCUT2D eigenvalue weighted by molar-refractivity contribution is 0.0698. The van der Waals surface area contributed by atoms with Crippen molar-refractivity contribution in [3.63, 3.8) is 0 Å². The second-order valence-corrected chi connectivity index (χ2v) is 12.7. The van der Waals surface area contributed by atoms with Crippen LogP contribution in [0.25, 0.3) is 0 Å². The number of hydrogen-bond donors (Lipinski definition) is 0. The van der Waals surface area contributed by atoms with Crippen LogP contribution in [0.15, 0.2) is 82.6 Å². The fourth-order valence-electron chi connectivity index (χ4n) is 3.99. The van der Waals surface area contributed by atoms with Gasteiger partial charge in [0, 0.05) is 38.8 Å². The van der Waals surface area contributed by atoms with Gasteiger partial charge in [0.2, 0.25) is 10.0 Å². The van der Waals surface area contributed by atoms with Gasteiger partial charge in [-0.05, 0) is 62.4 Å². The topological polar surface area (TPSA) is 95.1 Å². The van der Waals surface area contributed by atoms with Crippen LogP contribution >= 0.6 is 0 Å². The van der Waals surface area contributed by atoms with Crippen LogP contribution in [0.3, 0.4) is 0 Å². The molecule has 0 aliphatic carbocycles. The number of anilines is 1. The summed E-state index contributed by atoms with van der Waals surface area (Å²) in [7, 11) is -5.87. The molecule has 1 heterocycles. The summed E-state index contributed by atoms with van der Waals surface area (Å²) in [6.07, 6.45) is 0. The van der Waals surface area contributed by atoms with Gasteiger partial charge in [0.15, 0.2) is 0 Å². The van der Waals surface area contributed by atoms with Gasteiger partial charge >= 0.3 is 0 Å². The van der Waals surface area contributed by atoms with Crippen molar-refractivity contribution in [3.05, 3.63) is 89.5 Å². The smallest absolute Gasteiger partial charge is 0.264 e. The predicted molar refractivity (Wildman–Crippen MR) is 139 cm³/mol. The van der Waals surface area contributed by atoms with Crippen LogP contribution < -0.4 is 4.31 Å². The number of rotatable bonds is 6. The highest BCUT2D eigenvalue weighted by molar-refractivity contribution is 7.92. The van der Waals surface area contributed by atoms with Gasteiger partial charge in [-0.15, -0.1) is 0 Å². The molecule has 0 spiro atoms. The first-order valence-corrected chi connectivity index (χ1v) is 14.4. The molecule has 8 nitrogen and oxygen atoms in total. The maximum atomic E-state index is 13.0. The molecule has 0 radical (unpaired) electrons. The van der Waals surface area contributed by atoms with E-state index in [1.165, 1.54) is 15.7 Å². The summed E-state index contributed by atoms with van der Waals surface area (Å²) >= 11 is 0. The first-order chi connectivity index (χ1) is 17.0. The maximum Gasteiger partial charge on any atom is 0.264 e. The zero-order valence-corrected chi connectivity index (χ0v) is 22.1. The molecule has 190 valence electrons. The lowest BCUT2D eigenvalue weighted by Gasteiger charge is -2.34. The molecular weight excluding hydrogens is 498 g/mol. The maximum absolute atomic E-state index is 13.0. The van der Waals surface area contributed by atoms with E-state index in [1.54, 1.807) is 77.7 Å². The van der Waals surface area contributed by atoms with Gasteiger partial charge in [0.1, 0.15) is 0 Å². The summed E-state index contributed by atoms with van der Waals surface area (Å²) in [6.45, 7) is 4.74. The molecule has 10 heteroatoms. The Kier molecular flexibility index (Phi) is 7.21. The number of hydrogen-bond acceptors (Lipinski definition) is 5. The number of piperazine rings is 1. The van der Waals surface area contributed by atoms with Crippen molar-refractivity contribution < 1.29 is 21.6 Å². The van der Waals surface area contributed by atoms with E-state index in [0.717, 1.165) is 11.1 Å². The van der Waals surface area contributed by atoms with Crippen LogP contribution in [0.4, 0.5) is 5.69 Å². The summed E-state index contributed by atoms with van der Waals surface area (Å²) in [6, 6.07) is 19.7. The van der Waals surface area contributed by atoms with E-state index >= 15 is 0 Å². The van der Waals surface area contributed by atoms with Crippen molar-refractivity contribution in [2.24, 2.45) is 0 Å². The van der Waals surface area contributed by atoms with E-state index in [0.29, 0.717) is 11.3 Å². The van der Waals surface area contributed by atoms with E-state index in [2.05, 4.69) is 0 Å². The fraction of sp³-hybridized carbons (Fsp3) is 0.269. The van der Waals surface area contributed by atoms with Crippen LogP contribution in [0.1, 0.15) is 21.5 Å². The Morgan fingerprint density at radius 3 is 1.67 bits per heavy atom. The second kappa shape index (κ2) is 10.0. The molecule has 3 aromatic rings. The molecular formula is C26H29N3O5S2. The van der Waals surface area contributed by atoms with Gasteiger partial charge < -0.3 is 4.90 Å². The Morgan fingerprint density at radius 2 is 1.17 bits per heavy atom. The van der Waals surface area contributed by atoms with Crippen molar-refractivity contribution in [3.8, 4) is 0 Å². The summed E-state index contributed by atoms with van der Waals surface area (Å²) in [4.78, 5) is 15.1. The average Bonchev–Trinajstić information content (AvgIpc) is 2.88. The monoisotopic (exact) mass is 527 g/mol. The van der Waals surface area contributed by atoms with E-state index < -0.39 is 20.0 Å². The number of sulfonamides is 2. The highest BCUT2D eigenvalue weighted by Crippen LogP contribution is 2.24. The predicted octanol–water partition coefficient (Wildman–Crippen LogP) is 3.28. The van der Waals surface area contributed by atoms with E-state index in [4.69, 9.17) is 0 Å². The Hall–Kier alpha value is -3.21. The van der Waals surface area contributed by atoms with Crippen LogP contribution in [0, 0.1) is 13.8 Å². The third-order valence-corrected chi connectivity index (χ3v) is 10.1. The minimum absolute atomic E-state index is 0.189. The van der Waals surface area contributed by atoms with Gasteiger partial charge in [-0.2, -0.15) is 4.31 Å². The van der Waals surface area contributed by atoms with Gasteiger partial charge in [-0.25, -0.2) is 16.8 Å². The number of nitrogens with zero attached hydrogens (tertiary/aromatic N) is 3. The van der Waals surface area contributed by atoms with Crippen LogP contribution in [-0.2, 0) is 20.0 Å². The largest absolute Gasteiger partial charge is 0.336 e. The second-order valence-electron chi connectivity index (χ2n) is 8.84. The number of carbonyl (C=O) groups excluding carboxylic acids is 1. The SMILES string of the molecule is Cc1ccc(S(=O)(=O)N2CCN(C(=O)c3ccc(N(C)S(=O)(=O)c4ccc(C)cc4)cc3)CC2)cc1. The lowest BCUT2D eigenvalue weighted by Crippen LogP contribution is -2.50. The average molecular weight is 528 g/mol. The van der Waals surface area contributed by atoms with Crippen LogP contribution in [-0.4, -0.2) is 65.2 Å². The Morgan fingerprint density at radius 1 is 0.694 bits per heavy atom. The normalized spacial score (nSPS) is 15.0. The molecule has 0 aromatic heterocycles. The minimum Gasteiger partial charge on any atom is -0.336 e. The Labute approximate surface area is 212 Å². The van der Waals surface area contributed by atoms with E-state index in [-0.39, 0.29) is 41.9 Å². The lowest BCUT2D eigenvalue weighted by atomic mass is 10.1. The molecule has 1 saturated heterocycles. The van der Waals surface area contributed by atoms with Crippen LogP contribution in [0.5, 0.6) is 0 Å². The molecule has 1 aliphatic heterocycles. The molecule has 0 bridgehead atoms. The molecule has 1 aliphatic rings. The summed E-state index contributed by atoms with van der Waals surface area (Å²) in [5, 5.41) is 0. The zero-order valence-electron chi connectivity index (χ0n) is 20.5. The summed E-state index contributed by atoms with van der Waals surface area (Å²) < 4.78 is 54.3. The third-order valence-electron chi connectivity index (χ3n) is 6.34. The van der Waals surface area contributed by atoms with Crippen molar-refractivity contribution in [2.45, 2.75) is 23.6 Å². The highest BCUT2D eigenvalue weighted by Gasteiger charge is 2.30. The standard InChI is InChI=1S/C26H29N3O5S2/c1-20-4-12-24(13-5-20)35(31,32)27(3)23-10-8-22(9-11-23)26(30)28-16-18-29(19-17-28)36(33,34)25-14-6-21(2)7-15-25/h4-15H,16-19H2,1-3H3. The number of carbonyl (C=O) groups is 1. The highest BCUT2D eigenvalue weighted by atomic mass is 32.2. The van der Waals surface area contributed by atoms with Gasteiger partial charge in [-0.3, -0.25) is 9.10 Å². The minimum atomic E-state index is -3.73. The molecule has 0 atom stereocenters. The summed E-state index contributed by atoms with van der Waals surface area (Å²) in [5.41, 5.74) is 2.79. The number of aryl methyl sites for hydroxylation is 2. The van der Waals surface area contributed by atoms with Crippen molar-refractivity contribution >= 4 is 31.6 Å². The fourth-order valence-corrected chi connectivity index (χ4v) is 6.61. The molecule has 3 aromatic carbocycles. The molecule has 1 fully saturated rings. The van der Waals surface area contributed by atoms with Crippen molar-refractivity contribution in [2.75, 3.05) is 37.5 Å². The van der Waals surface area contributed by atoms with Gasteiger partial charge in [0.25, 0.3) is 15.9 Å². The van der Waals surface area contributed by atoms with Crippen molar-refractivity contribution in [1.82, 2.24) is 9.21 Å². The van der Waals surface area contributed by atoms with Gasteiger partial charge in [-0.1, -0.05) is 35.4 Å². The first kappa shape index (κ1) is 25.9. The van der Waals surface area contributed by atoms with Gasteiger partial charge in [0.05, 0.1) is 15.5 Å². The molecule has 0 unspecified atom stereocenters. The molecule has 36 heavy (non-hydrogen) atoms. The quantitative estimate of drug-likeness (QED) is 0.490. The molecule has 0 saturated carbocycles. The molecule has 0 N–H and O–H groups in total. The van der Waals surface area contributed by atoms with Crippen molar-refractivity contribution in [1.29, 1.82) is 0 Å². The number of amides is 1. The molecule has 4 rings (SSSR count). The molecule has 1 amide bonds.